The number of hydrogen-bond donors (Lipinski definition) is 1. The van der Waals surface area contributed by atoms with Gasteiger partial charge in [-0.25, -0.2) is 0 Å². The molecule has 0 unspecified atom stereocenters. The van der Waals surface area contributed by atoms with Crippen molar-refractivity contribution in [3.63, 3.8) is 0 Å². The summed E-state index contributed by atoms with van der Waals surface area (Å²) in [6.45, 7) is 6.77. The van der Waals surface area contributed by atoms with Crippen molar-refractivity contribution in [3.8, 4) is 0 Å². The Bertz CT molecular complexity index is 189. The number of nitrogens with one attached hydrogen (secondary N) is 1. The summed E-state index contributed by atoms with van der Waals surface area (Å²) in [4.78, 5) is 21.7. The lowest BCUT2D eigenvalue weighted by atomic mass is 10.2. The van der Waals surface area contributed by atoms with Gasteiger partial charge < -0.3 is 10.1 Å². The first-order chi connectivity index (χ1) is 5.91. The van der Waals surface area contributed by atoms with Gasteiger partial charge in [0.1, 0.15) is 0 Å². The summed E-state index contributed by atoms with van der Waals surface area (Å²) in [6, 6.07) is -0.163. The van der Waals surface area contributed by atoms with Gasteiger partial charge in [0.15, 0.2) is 0 Å². The Hall–Kier alpha value is -1.06. The third kappa shape index (κ3) is 7.31. The van der Waals surface area contributed by atoms with Crippen LogP contribution in [0.3, 0.4) is 0 Å². The van der Waals surface area contributed by atoms with Gasteiger partial charge >= 0.3 is 5.97 Å². The van der Waals surface area contributed by atoms with Crippen molar-refractivity contribution in [3.05, 3.63) is 0 Å². The van der Waals surface area contributed by atoms with E-state index in [1.807, 2.05) is 0 Å². The molecular weight excluding hydrogens is 170 g/mol. The molecule has 4 heteroatoms. The van der Waals surface area contributed by atoms with E-state index in [4.69, 9.17) is 4.74 Å². The first kappa shape index (κ1) is 11.9. The molecule has 0 saturated heterocycles. The first-order valence-electron chi connectivity index (χ1n) is 4.38. The summed E-state index contributed by atoms with van der Waals surface area (Å²) in [7, 11) is 0. The van der Waals surface area contributed by atoms with Gasteiger partial charge in [-0.3, -0.25) is 9.59 Å². The molecule has 1 amide bonds. The molecule has 0 aromatic heterocycles. The third-order valence-electron chi connectivity index (χ3n) is 1.29. The van der Waals surface area contributed by atoms with E-state index in [1.165, 1.54) is 6.92 Å². The van der Waals surface area contributed by atoms with Crippen LogP contribution in [0.1, 0.15) is 34.1 Å². The molecular formula is C9H17NO3. The van der Waals surface area contributed by atoms with Gasteiger partial charge in [0.25, 0.3) is 0 Å². The lowest BCUT2D eigenvalue weighted by Crippen LogP contribution is -2.33. The maximum Gasteiger partial charge on any atom is 0.308 e. The van der Waals surface area contributed by atoms with E-state index in [0.29, 0.717) is 0 Å². The Kier molecular flexibility index (Phi) is 5.11. The Morgan fingerprint density at radius 3 is 2.23 bits per heavy atom. The summed E-state index contributed by atoms with van der Waals surface area (Å²) in [5, 5.41) is 2.61. The van der Waals surface area contributed by atoms with Crippen molar-refractivity contribution < 1.29 is 14.3 Å². The molecule has 0 bridgehead atoms. The summed E-state index contributed by atoms with van der Waals surface area (Å²) < 4.78 is 4.91. The molecule has 0 saturated carbocycles. The van der Waals surface area contributed by atoms with Gasteiger partial charge in [-0.15, -0.1) is 0 Å². The fourth-order valence-corrected chi connectivity index (χ4v) is 0.959. The number of carbonyl (C=O) groups excluding carboxylic acids is 2. The zero-order valence-electron chi connectivity index (χ0n) is 8.59. The number of ether oxygens (including phenoxy) is 1. The lowest BCUT2D eigenvalue weighted by molar-refractivity contribution is -0.147. The minimum absolute atomic E-state index is 0.1000. The van der Waals surface area contributed by atoms with Crippen LogP contribution < -0.4 is 5.32 Å². The Balaban J connectivity index is 3.71. The van der Waals surface area contributed by atoms with Crippen molar-refractivity contribution in [2.75, 3.05) is 0 Å². The average Bonchev–Trinajstić information content (AvgIpc) is 1.80. The standard InChI is InChI=1S/C9H17NO3/c1-6(2)13-9(12)5-7(3)10-8(4)11/h6-7H,5H2,1-4H3,(H,10,11)/t7-/m1/s1. The van der Waals surface area contributed by atoms with Crippen molar-refractivity contribution in [1.82, 2.24) is 5.32 Å². The number of hydrogen-bond acceptors (Lipinski definition) is 3. The molecule has 1 N–H and O–H groups in total. The van der Waals surface area contributed by atoms with E-state index >= 15 is 0 Å². The summed E-state index contributed by atoms with van der Waals surface area (Å²) in [5.74, 6) is -0.416. The van der Waals surface area contributed by atoms with E-state index in [9.17, 15) is 9.59 Å². The fraction of sp³-hybridized carbons (Fsp3) is 0.778. The highest BCUT2D eigenvalue weighted by molar-refractivity contribution is 5.75. The van der Waals surface area contributed by atoms with Crippen molar-refractivity contribution >= 4 is 11.9 Å². The van der Waals surface area contributed by atoms with Gasteiger partial charge in [-0.05, 0) is 20.8 Å². The summed E-state index contributed by atoms with van der Waals surface area (Å²) in [5.41, 5.74) is 0. The molecule has 13 heavy (non-hydrogen) atoms. The number of amides is 1. The lowest BCUT2D eigenvalue weighted by Gasteiger charge is -2.13. The first-order valence-corrected chi connectivity index (χ1v) is 4.38. The van der Waals surface area contributed by atoms with E-state index in [2.05, 4.69) is 5.32 Å². The molecule has 0 spiro atoms. The van der Waals surface area contributed by atoms with Gasteiger partial charge in [0, 0.05) is 13.0 Å². The predicted molar refractivity (Wildman–Crippen MR) is 49.1 cm³/mol. The van der Waals surface area contributed by atoms with E-state index < -0.39 is 0 Å². The van der Waals surface area contributed by atoms with Gasteiger partial charge in [0.05, 0.1) is 12.5 Å². The Morgan fingerprint density at radius 2 is 1.85 bits per heavy atom. The minimum Gasteiger partial charge on any atom is -0.463 e. The van der Waals surface area contributed by atoms with Gasteiger partial charge in [-0.1, -0.05) is 0 Å². The molecule has 0 rings (SSSR count). The van der Waals surface area contributed by atoms with E-state index in [0.717, 1.165) is 0 Å². The average molecular weight is 187 g/mol. The monoisotopic (exact) mass is 187 g/mol. The Labute approximate surface area is 78.6 Å². The normalized spacial score (nSPS) is 12.4. The minimum atomic E-state index is -0.281. The predicted octanol–water partition coefficient (Wildman–Crippen LogP) is 0.853. The number of rotatable bonds is 4. The van der Waals surface area contributed by atoms with Crippen molar-refractivity contribution in [1.29, 1.82) is 0 Å². The van der Waals surface area contributed by atoms with Crippen LogP contribution in [0.2, 0.25) is 0 Å². The van der Waals surface area contributed by atoms with Crippen molar-refractivity contribution in [2.45, 2.75) is 46.3 Å². The zero-order chi connectivity index (χ0) is 10.4. The number of esters is 1. The molecule has 0 aromatic carbocycles. The fourth-order valence-electron chi connectivity index (χ4n) is 0.959. The maximum absolute atomic E-state index is 11.1. The highest BCUT2D eigenvalue weighted by Gasteiger charge is 2.11. The molecule has 0 aliphatic rings. The second-order valence-electron chi connectivity index (χ2n) is 3.34. The third-order valence-corrected chi connectivity index (χ3v) is 1.29. The van der Waals surface area contributed by atoms with Crippen LogP contribution in [0.25, 0.3) is 0 Å². The van der Waals surface area contributed by atoms with Gasteiger partial charge in [-0.2, -0.15) is 0 Å². The number of carbonyl (C=O) groups is 2. The zero-order valence-corrected chi connectivity index (χ0v) is 8.59. The smallest absolute Gasteiger partial charge is 0.308 e. The molecule has 0 aliphatic carbocycles. The molecule has 4 nitrogen and oxygen atoms in total. The molecule has 0 heterocycles. The highest BCUT2D eigenvalue weighted by atomic mass is 16.5. The van der Waals surface area contributed by atoms with Crippen molar-refractivity contribution in [2.24, 2.45) is 0 Å². The maximum atomic E-state index is 11.1. The molecule has 0 aromatic rings. The molecule has 0 aliphatic heterocycles. The molecule has 76 valence electrons. The summed E-state index contributed by atoms with van der Waals surface area (Å²) >= 11 is 0. The second kappa shape index (κ2) is 5.56. The van der Waals surface area contributed by atoms with Crippen LogP contribution in [0.4, 0.5) is 0 Å². The largest absolute Gasteiger partial charge is 0.463 e. The Morgan fingerprint density at radius 1 is 1.31 bits per heavy atom. The molecule has 0 fully saturated rings. The molecule has 0 radical (unpaired) electrons. The molecule has 1 atom stereocenters. The highest BCUT2D eigenvalue weighted by Crippen LogP contribution is 1.97. The van der Waals surface area contributed by atoms with Crippen LogP contribution in [-0.2, 0) is 14.3 Å². The van der Waals surface area contributed by atoms with Crippen LogP contribution in [-0.4, -0.2) is 24.0 Å². The topological polar surface area (TPSA) is 55.4 Å². The van der Waals surface area contributed by atoms with Crippen LogP contribution in [0.15, 0.2) is 0 Å². The van der Waals surface area contributed by atoms with Crippen LogP contribution >= 0.6 is 0 Å². The van der Waals surface area contributed by atoms with E-state index in [1.54, 1.807) is 20.8 Å². The summed E-state index contributed by atoms with van der Waals surface area (Å²) in [6.07, 6.45) is 0.120. The quantitative estimate of drug-likeness (QED) is 0.664. The van der Waals surface area contributed by atoms with Crippen LogP contribution in [0.5, 0.6) is 0 Å². The van der Waals surface area contributed by atoms with E-state index in [-0.39, 0.29) is 30.4 Å². The second-order valence-corrected chi connectivity index (χ2v) is 3.34. The van der Waals surface area contributed by atoms with Gasteiger partial charge in [0.2, 0.25) is 5.91 Å². The van der Waals surface area contributed by atoms with Crippen LogP contribution in [0, 0.1) is 0 Å². The SMILES string of the molecule is CC(=O)N[C@H](C)CC(=O)OC(C)C.